The molecule has 4 nitrogen and oxygen atoms in total. The Balaban J connectivity index is 2.42. The zero-order valence-electron chi connectivity index (χ0n) is 7.79. The highest BCUT2D eigenvalue weighted by Crippen LogP contribution is 2.18. The van der Waals surface area contributed by atoms with Gasteiger partial charge >= 0.3 is 0 Å². The number of hydrogen-bond donors (Lipinski definition) is 1. The van der Waals surface area contributed by atoms with E-state index >= 15 is 0 Å². The fourth-order valence-corrected chi connectivity index (χ4v) is 1.23. The highest BCUT2D eigenvalue weighted by atomic mass is 16.3. The number of carbonyl (C=O) groups excluding carboxylic acids is 1. The van der Waals surface area contributed by atoms with Crippen LogP contribution < -0.4 is 0 Å². The monoisotopic (exact) mass is 200 g/mol. The van der Waals surface area contributed by atoms with Crippen molar-refractivity contribution in [1.82, 2.24) is 10.2 Å². The van der Waals surface area contributed by atoms with E-state index in [4.69, 9.17) is 0 Å². The molecule has 0 aliphatic heterocycles. The van der Waals surface area contributed by atoms with Crippen LogP contribution in [0.1, 0.15) is 16.1 Å². The van der Waals surface area contributed by atoms with E-state index in [1.165, 1.54) is 12.3 Å². The molecule has 0 radical (unpaired) electrons. The summed E-state index contributed by atoms with van der Waals surface area (Å²) in [4.78, 5) is 11.8. The van der Waals surface area contributed by atoms with Gasteiger partial charge in [-0.1, -0.05) is 12.1 Å². The van der Waals surface area contributed by atoms with Crippen molar-refractivity contribution >= 4 is 5.78 Å². The van der Waals surface area contributed by atoms with E-state index < -0.39 is 0 Å². The second kappa shape index (κ2) is 3.88. The first kappa shape index (κ1) is 9.33. The number of ketones is 1. The van der Waals surface area contributed by atoms with Crippen LogP contribution in [0, 0.1) is 0 Å². The first-order chi connectivity index (χ1) is 7.29. The second-order valence-corrected chi connectivity index (χ2v) is 2.96. The Bertz CT molecular complexity index is 483. The number of para-hydroxylation sites is 1. The molecule has 0 spiro atoms. The van der Waals surface area contributed by atoms with Crippen LogP contribution in [0.3, 0.4) is 0 Å². The molecule has 1 aromatic carbocycles. The van der Waals surface area contributed by atoms with Crippen molar-refractivity contribution in [1.29, 1.82) is 0 Å². The standard InChI is InChI=1S/C11H8N2O2/c14-10-6-2-1-4-8(10)11(15)9-5-3-7-12-13-9/h1-7,14H. The molecule has 0 aliphatic carbocycles. The van der Waals surface area contributed by atoms with Crippen LogP contribution in [-0.2, 0) is 0 Å². The van der Waals surface area contributed by atoms with Gasteiger partial charge in [-0.2, -0.15) is 5.10 Å². The Morgan fingerprint density at radius 1 is 1.13 bits per heavy atom. The van der Waals surface area contributed by atoms with Gasteiger partial charge in [0, 0.05) is 6.20 Å². The van der Waals surface area contributed by atoms with Gasteiger partial charge in [0.05, 0.1) is 5.56 Å². The van der Waals surface area contributed by atoms with Crippen LogP contribution in [-0.4, -0.2) is 21.1 Å². The Hall–Kier alpha value is -2.23. The van der Waals surface area contributed by atoms with Crippen LogP contribution in [0.15, 0.2) is 42.6 Å². The largest absolute Gasteiger partial charge is 0.507 e. The molecule has 0 atom stereocenters. The van der Waals surface area contributed by atoms with Crippen molar-refractivity contribution in [2.45, 2.75) is 0 Å². The number of phenolic OH excluding ortho intramolecular Hbond substituents is 1. The third-order valence-corrected chi connectivity index (χ3v) is 1.95. The van der Waals surface area contributed by atoms with Crippen LogP contribution in [0.5, 0.6) is 5.75 Å². The maximum absolute atomic E-state index is 11.8. The number of phenols is 1. The first-order valence-electron chi connectivity index (χ1n) is 4.39. The number of hydrogen-bond acceptors (Lipinski definition) is 4. The minimum Gasteiger partial charge on any atom is -0.507 e. The highest BCUT2D eigenvalue weighted by Gasteiger charge is 2.13. The molecular formula is C11H8N2O2. The van der Waals surface area contributed by atoms with Crippen molar-refractivity contribution in [3.63, 3.8) is 0 Å². The fraction of sp³-hybridized carbons (Fsp3) is 0. The molecule has 1 aromatic heterocycles. The summed E-state index contributed by atoms with van der Waals surface area (Å²) >= 11 is 0. The number of carbonyl (C=O) groups is 1. The minimum atomic E-state index is -0.332. The summed E-state index contributed by atoms with van der Waals surface area (Å²) in [6, 6.07) is 9.53. The van der Waals surface area contributed by atoms with Crippen molar-refractivity contribution in [3.05, 3.63) is 53.9 Å². The zero-order chi connectivity index (χ0) is 10.7. The van der Waals surface area contributed by atoms with Crippen LogP contribution in [0.2, 0.25) is 0 Å². The lowest BCUT2D eigenvalue weighted by Crippen LogP contribution is -2.04. The van der Waals surface area contributed by atoms with Gasteiger partial charge in [0.2, 0.25) is 5.78 Å². The molecule has 0 fully saturated rings. The van der Waals surface area contributed by atoms with Crippen LogP contribution in [0.25, 0.3) is 0 Å². The zero-order valence-corrected chi connectivity index (χ0v) is 7.79. The summed E-state index contributed by atoms with van der Waals surface area (Å²) in [6.07, 6.45) is 1.49. The Labute approximate surface area is 86.2 Å². The van der Waals surface area contributed by atoms with Gasteiger partial charge in [0.1, 0.15) is 11.4 Å². The maximum Gasteiger partial charge on any atom is 0.216 e. The number of aromatic nitrogens is 2. The summed E-state index contributed by atoms with van der Waals surface area (Å²) in [5.74, 6) is -0.380. The molecule has 0 bridgehead atoms. The molecule has 0 saturated heterocycles. The van der Waals surface area contributed by atoms with Gasteiger partial charge in [0.15, 0.2) is 0 Å². The normalized spacial score (nSPS) is 9.87. The average Bonchev–Trinajstić information content (AvgIpc) is 2.30. The smallest absolute Gasteiger partial charge is 0.216 e. The minimum absolute atomic E-state index is 0.0480. The van der Waals surface area contributed by atoms with Crippen molar-refractivity contribution in [2.24, 2.45) is 0 Å². The van der Waals surface area contributed by atoms with Crippen LogP contribution >= 0.6 is 0 Å². The van der Waals surface area contributed by atoms with Crippen LogP contribution in [0.4, 0.5) is 0 Å². The molecule has 0 aliphatic rings. The fourth-order valence-electron chi connectivity index (χ4n) is 1.23. The molecule has 0 saturated carbocycles. The number of nitrogens with zero attached hydrogens (tertiary/aromatic N) is 2. The summed E-state index contributed by atoms with van der Waals surface area (Å²) in [7, 11) is 0. The third kappa shape index (κ3) is 1.83. The average molecular weight is 200 g/mol. The molecular weight excluding hydrogens is 192 g/mol. The Kier molecular flexibility index (Phi) is 2.41. The lowest BCUT2D eigenvalue weighted by atomic mass is 10.1. The SMILES string of the molecule is O=C(c1cccnn1)c1ccccc1O. The van der Waals surface area contributed by atoms with Gasteiger partial charge in [-0.3, -0.25) is 4.79 Å². The maximum atomic E-state index is 11.8. The number of benzene rings is 1. The van der Waals surface area contributed by atoms with E-state index in [0.717, 1.165) is 0 Å². The molecule has 74 valence electrons. The number of aromatic hydroxyl groups is 1. The first-order valence-corrected chi connectivity index (χ1v) is 4.39. The highest BCUT2D eigenvalue weighted by molar-refractivity contribution is 6.09. The predicted octanol–water partition coefficient (Wildman–Crippen LogP) is 1.41. The van der Waals surface area contributed by atoms with E-state index in [1.54, 1.807) is 30.3 Å². The molecule has 2 rings (SSSR count). The van der Waals surface area contributed by atoms with Crippen molar-refractivity contribution in [2.75, 3.05) is 0 Å². The van der Waals surface area contributed by atoms with Gasteiger partial charge < -0.3 is 5.11 Å². The number of rotatable bonds is 2. The van der Waals surface area contributed by atoms with Gasteiger partial charge in [-0.15, -0.1) is 5.10 Å². The molecule has 1 heterocycles. The van der Waals surface area contributed by atoms with Gasteiger partial charge in [-0.05, 0) is 24.3 Å². The van der Waals surface area contributed by atoms with Gasteiger partial charge in [-0.25, -0.2) is 0 Å². The van der Waals surface area contributed by atoms with E-state index in [1.807, 2.05) is 0 Å². The molecule has 15 heavy (non-hydrogen) atoms. The van der Waals surface area contributed by atoms with E-state index in [2.05, 4.69) is 10.2 Å². The van der Waals surface area contributed by atoms with Gasteiger partial charge in [0.25, 0.3) is 0 Å². The third-order valence-electron chi connectivity index (χ3n) is 1.95. The van der Waals surface area contributed by atoms with E-state index in [-0.39, 0.29) is 22.8 Å². The predicted molar refractivity (Wildman–Crippen MR) is 53.6 cm³/mol. The Morgan fingerprint density at radius 2 is 1.93 bits per heavy atom. The molecule has 2 aromatic rings. The van der Waals surface area contributed by atoms with E-state index in [0.29, 0.717) is 0 Å². The molecule has 4 heteroatoms. The quantitative estimate of drug-likeness (QED) is 0.744. The lowest BCUT2D eigenvalue weighted by molar-refractivity contribution is 0.103. The summed E-state index contributed by atoms with van der Waals surface area (Å²) in [5, 5.41) is 16.8. The van der Waals surface area contributed by atoms with Crippen molar-refractivity contribution in [3.8, 4) is 5.75 Å². The topological polar surface area (TPSA) is 63.1 Å². The Morgan fingerprint density at radius 3 is 2.60 bits per heavy atom. The van der Waals surface area contributed by atoms with E-state index in [9.17, 15) is 9.90 Å². The second-order valence-electron chi connectivity index (χ2n) is 2.96. The summed E-state index contributed by atoms with van der Waals surface area (Å²) < 4.78 is 0. The lowest BCUT2D eigenvalue weighted by Gasteiger charge is -2.01. The molecule has 0 unspecified atom stereocenters. The summed E-state index contributed by atoms with van der Waals surface area (Å²) in [5.41, 5.74) is 0.456. The molecule has 0 amide bonds. The molecule has 1 N–H and O–H groups in total. The van der Waals surface area contributed by atoms with Crippen molar-refractivity contribution < 1.29 is 9.90 Å². The summed E-state index contributed by atoms with van der Waals surface area (Å²) in [6.45, 7) is 0.